The summed E-state index contributed by atoms with van der Waals surface area (Å²) < 4.78 is 7.40. The Bertz CT molecular complexity index is 1540. The third-order valence-corrected chi connectivity index (χ3v) is 9.38. The summed E-state index contributed by atoms with van der Waals surface area (Å²) in [5.41, 5.74) is 3.18. The first kappa shape index (κ1) is 29.0. The Morgan fingerprint density at radius 2 is 1.65 bits per heavy atom. The van der Waals surface area contributed by atoms with Gasteiger partial charge in [0.2, 0.25) is 11.8 Å². The van der Waals surface area contributed by atoms with E-state index in [1.54, 1.807) is 18.9 Å². The maximum absolute atomic E-state index is 13.2. The molecule has 6 rings (SSSR count). The number of hydrogen-bond acceptors (Lipinski definition) is 6. The lowest BCUT2D eigenvalue weighted by atomic mass is 10.1. The van der Waals surface area contributed by atoms with Gasteiger partial charge in [0.15, 0.2) is 11.0 Å². The van der Waals surface area contributed by atoms with Gasteiger partial charge in [0, 0.05) is 55.0 Å². The fourth-order valence-corrected chi connectivity index (χ4v) is 6.80. The Morgan fingerprint density at radius 1 is 0.930 bits per heavy atom. The highest BCUT2D eigenvalue weighted by Gasteiger charge is 2.47. The molecule has 0 spiro atoms. The lowest BCUT2D eigenvalue weighted by molar-refractivity contribution is -0.143. The fraction of sp³-hybridized carbons (Fsp3) is 0.353. The molecule has 0 bridgehead atoms. The van der Waals surface area contributed by atoms with Gasteiger partial charge in [0.1, 0.15) is 5.75 Å². The van der Waals surface area contributed by atoms with Gasteiger partial charge in [0.25, 0.3) is 0 Å². The van der Waals surface area contributed by atoms with Crippen molar-refractivity contribution in [1.82, 2.24) is 24.6 Å². The third-order valence-electron chi connectivity index (χ3n) is 8.36. The van der Waals surface area contributed by atoms with Crippen LogP contribution in [0, 0.1) is 5.92 Å². The normalized spacial score (nSPS) is 19.7. The second-order valence-corrected chi connectivity index (χ2v) is 12.3. The monoisotopic (exact) mass is 595 g/mol. The van der Waals surface area contributed by atoms with Gasteiger partial charge in [-0.25, -0.2) is 0 Å². The highest BCUT2D eigenvalue weighted by atomic mass is 32.2. The minimum absolute atomic E-state index is 0.0241. The van der Waals surface area contributed by atoms with Crippen LogP contribution in [0.1, 0.15) is 37.7 Å². The molecule has 2 aliphatic rings. The number of amides is 2. The Labute approximate surface area is 257 Å². The van der Waals surface area contributed by atoms with Crippen molar-refractivity contribution in [2.45, 2.75) is 43.3 Å². The number of thioether (sulfide) groups is 1. The number of carbonyl (C=O) groups is 2. The molecule has 3 atom stereocenters. The zero-order chi connectivity index (χ0) is 29.8. The molecule has 222 valence electrons. The summed E-state index contributed by atoms with van der Waals surface area (Å²) in [6.45, 7) is 3.85. The predicted octanol–water partition coefficient (Wildman–Crippen LogP) is 5.68. The first-order chi connectivity index (χ1) is 21.0. The quantitative estimate of drug-likeness (QED) is 0.173. The van der Waals surface area contributed by atoms with Crippen molar-refractivity contribution in [2.75, 3.05) is 32.5 Å². The van der Waals surface area contributed by atoms with Gasteiger partial charge < -0.3 is 14.5 Å². The fourth-order valence-electron chi connectivity index (χ4n) is 5.91. The molecular weight excluding hydrogens is 558 g/mol. The molecule has 0 radical (unpaired) electrons. The molecule has 2 fully saturated rings. The van der Waals surface area contributed by atoms with Gasteiger partial charge in [-0.1, -0.05) is 72.4 Å². The zero-order valence-corrected chi connectivity index (χ0v) is 25.5. The van der Waals surface area contributed by atoms with E-state index in [-0.39, 0.29) is 23.8 Å². The lowest BCUT2D eigenvalue weighted by Gasteiger charge is -2.40. The SMILES string of the molecule is COc1ccc(-n2c(SCCCC(=O)N3CCN(C(=O)C4CC4c4ccccc4)C(C)C3)nnc2-c2ccccc2)cc1. The Morgan fingerprint density at radius 3 is 2.35 bits per heavy atom. The van der Waals surface area contributed by atoms with Crippen LogP contribution in [-0.4, -0.2) is 74.9 Å². The number of nitrogens with zero attached hydrogens (tertiary/aromatic N) is 5. The van der Waals surface area contributed by atoms with Crippen LogP contribution < -0.4 is 4.74 Å². The van der Waals surface area contributed by atoms with Crippen molar-refractivity contribution in [3.63, 3.8) is 0 Å². The average molecular weight is 596 g/mol. The number of carbonyl (C=O) groups excluding carboxylic acids is 2. The van der Waals surface area contributed by atoms with Crippen LogP contribution in [0.2, 0.25) is 0 Å². The van der Waals surface area contributed by atoms with Crippen LogP contribution in [0.5, 0.6) is 5.75 Å². The molecular formula is C34H37N5O3S. The molecule has 8 nitrogen and oxygen atoms in total. The molecule has 43 heavy (non-hydrogen) atoms. The van der Waals surface area contributed by atoms with Crippen LogP contribution >= 0.6 is 11.8 Å². The van der Waals surface area contributed by atoms with Gasteiger partial charge in [0.05, 0.1) is 7.11 Å². The summed E-state index contributed by atoms with van der Waals surface area (Å²) in [6.07, 6.45) is 2.12. The van der Waals surface area contributed by atoms with E-state index in [0.29, 0.717) is 32.0 Å². The van der Waals surface area contributed by atoms with E-state index in [4.69, 9.17) is 4.74 Å². The number of piperazine rings is 1. The molecule has 1 aliphatic carbocycles. The van der Waals surface area contributed by atoms with E-state index >= 15 is 0 Å². The first-order valence-corrected chi connectivity index (χ1v) is 15.9. The molecule has 3 aromatic carbocycles. The van der Waals surface area contributed by atoms with Gasteiger partial charge in [-0.05, 0) is 55.5 Å². The molecule has 3 unspecified atom stereocenters. The number of hydrogen-bond donors (Lipinski definition) is 0. The van der Waals surface area contributed by atoms with Crippen LogP contribution in [0.25, 0.3) is 17.1 Å². The smallest absolute Gasteiger partial charge is 0.226 e. The van der Waals surface area contributed by atoms with Crippen molar-refractivity contribution in [3.05, 3.63) is 90.5 Å². The van der Waals surface area contributed by atoms with Gasteiger partial charge in [-0.15, -0.1) is 10.2 Å². The molecule has 2 amide bonds. The molecule has 1 aliphatic heterocycles. The molecule has 1 saturated carbocycles. The van der Waals surface area contributed by atoms with Crippen molar-refractivity contribution >= 4 is 23.6 Å². The standard InChI is InChI=1S/C34H37N5O3S/c1-24-23-37(19-20-38(24)33(41)30-22-29(30)25-10-5-3-6-11-25)31(40)14-9-21-43-34-36-35-32(26-12-7-4-8-13-26)39(34)27-15-17-28(42-2)18-16-27/h3-8,10-13,15-18,24,29-30H,9,14,19-23H2,1-2H3. The van der Waals surface area contributed by atoms with E-state index in [0.717, 1.165) is 46.6 Å². The second kappa shape index (κ2) is 13.0. The predicted molar refractivity (Wildman–Crippen MR) is 168 cm³/mol. The Kier molecular flexibility index (Phi) is 8.79. The number of methoxy groups -OCH3 is 1. The van der Waals surface area contributed by atoms with Gasteiger partial charge in [-0.3, -0.25) is 14.2 Å². The van der Waals surface area contributed by atoms with Crippen LogP contribution in [0.3, 0.4) is 0 Å². The third kappa shape index (κ3) is 6.46. The first-order valence-electron chi connectivity index (χ1n) is 14.9. The van der Waals surface area contributed by atoms with E-state index in [9.17, 15) is 9.59 Å². The minimum atomic E-state index is 0.0241. The summed E-state index contributed by atoms with van der Waals surface area (Å²) in [4.78, 5) is 30.3. The van der Waals surface area contributed by atoms with Crippen LogP contribution in [0.15, 0.2) is 90.1 Å². The second-order valence-electron chi connectivity index (χ2n) is 11.2. The van der Waals surface area contributed by atoms with Crippen molar-refractivity contribution < 1.29 is 14.3 Å². The summed E-state index contributed by atoms with van der Waals surface area (Å²) >= 11 is 1.60. The minimum Gasteiger partial charge on any atom is -0.497 e. The largest absolute Gasteiger partial charge is 0.497 e. The summed E-state index contributed by atoms with van der Waals surface area (Å²) in [5.74, 6) is 3.09. The average Bonchev–Trinajstić information content (AvgIpc) is 3.75. The Hall–Kier alpha value is -4.11. The molecule has 0 N–H and O–H groups in total. The number of ether oxygens (including phenoxy) is 1. The summed E-state index contributed by atoms with van der Waals surface area (Å²) in [7, 11) is 1.65. The summed E-state index contributed by atoms with van der Waals surface area (Å²) in [6, 6.07) is 28.2. The number of aromatic nitrogens is 3. The lowest BCUT2D eigenvalue weighted by Crippen LogP contribution is -2.55. The molecule has 9 heteroatoms. The Balaban J connectivity index is 1.02. The van der Waals surface area contributed by atoms with E-state index < -0.39 is 0 Å². The molecule has 1 saturated heterocycles. The van der Waals surface area contributed by atoms with Crippen LogP contribution in [-0.2, 0) is 9.59 Å². The topological polar surface area (TPSA) is 80.6 Å². The van der Waals surface area contributed by atoms with E-state index in [1.165, 1.54) is 5.56 Å². The maximum atomic E-state index is 13.2. The van der Waals surface area contributed by atoms with Gasteiger partial charge >= 0.3 is 0 Å². The maximum Gasteiger partial charge on any atom is 0.226 e. The van der Waals surface area contributed by atoms with Crippen molar-refractivity contribution in [2.24, 2.45) is 5.92 Å². The molecule has 2 heterocycles. The molecule has 1 aromatic heterocycles. The van der Waals surface area contributed by atoms with Gasteiger partial charge in [-0.2, -0.15) is 0 Å². The summed E-state index contributed by atoms with van der Waals surface area (Å²) in [5, 5.41) is 9.81. The zero-order valence-electron chi connectivity index (χ0n) is 24.6. The van der Waals surface area contributed by atoms with Crippen molar-refractivity contribution in [1.29, 1.82) is 0 Å². The van der Waals surface area contributed by atoms with Crippen LogP contribution in [0.4, 0.5) is 0 Å². The number of rotatable bonds is 10. The highest BCUT2D eigenvalue weighted by molar-refractivity contribution is 7.99. The van der Waals surface area contributed by atoms with E-state index in [1.807, 2.05) is 82.6 Å². The molecule has 4 aromatic rings. The van der Waals surface area contributed by atoms with Crippen molar-refractivity contribution in [3.8, 4) is 22.8 Å². The number of benzene rings is 3. The highest BCUT2D eigenvalue weighted by Crippen LogP contribution is 2.48. The van der Waals surface area contributed by atoms with E-state index in [2.05, 4.69) is 33.8 Å².